The molecule has 0 radical (unpaired) electrons. The molecule has 5 atom stereocenters. The predicted octanol–water partition coefficient (Wildman–Crippen LogP) is 3.39. The summed E-state index contributed by atoms with van der Waals surface area (Å²) in [5, 5.41) is 15.6. The van der Waals surface area contributed by atoms with Gasteiger partial charge in [0.1, 0.15) is 11.9 Å². The van der Waals surface area contributed by atoms with Crippen LogP contribution in [0.4, 0.5) is 9.80 Å². The van der Waals surface area contributed by atoms with Crippen molar-refractivity contribution < 1.29 is 23.5 Å². The number of carbonyl (C=O) groups is 1. The lowest BCUT2D eigenvalue weighted by Gasteiger charge is -2.43. The van der Waals surface area contributed by atoms with Crippen molar-refractivity contribution >= 4 is 20.0 Å². The van der Waals surface area contributed by atoms with Gasteiger partial charge < -0.3 is 29.3 Å². The lowest BCUT2D eigenvalue weighted by molar-refractivity contribution is -0.117. The standard InChI is InChI=1S/C21H33FN2O4Si/c1-13-19(27-2)15-12-14(24-21(26)16-6-5-10-23-16)7-8-17(15)28-20(13)18(9-11-25)29(3,4)22/h7-8,12-13,16,18-20,23,25H,5-6,9-11H2,1-4H3,(H,24,26)/t13-,16+,18?,19-,20-/m0/s1. The fourth-order valence-corrected chi connectivity index (χ4v) is 6.60. The van der Waals surface area contributed by atoms with E-state index in [4.69, 9.17) is 9.47 Å². The Balaban J connectivity index is 1.85. The zero-order valence-corrected chi connectivity index (χ0v) is 18.7. The number of fused-ring (bicyclic) bond motifs is 1. The molecule has 0 saturated carbocycles. The molecule has 6 nitrogen and oxygen atoms in total. The van der Waals surface area contributed by atoms with Crippen LogP contribution in [-0.4, -0.2) is 51.8 Å². The van der Waals surface area contributed by atoms with Crippen LogP contribution in [0.3, 0.4) is 0 Å². The van der Waals surface area contributed by atoms with Gasteiger partial charge in [-0.05, 0) is 57.1 Å². The van der Waals surface area contributed by atoms with Gasteiger partial charge in [-0.25, -0.2) is 0 Å². The molecule has 3 N–H and O–H groups in total. The lowest BCUT2D eigenvalue weighted by atomic mass is 9.86. The highest BCUT2D eigenvalue weighted by Gasteiger charge is 2.47. The first-order valence-corrected chi connectivity index (χ1v) is 13.4. The van der Waals surface area contributed by atoms with Crippen molar-refractivity contribution in [1.82, 2.24) is 5.32 Å². The van der Waals surface area contributed by atoms with Gasteiger partial charge in [0.15, 0.2) is 0 Å². The van der Waals surface area contributed by atoms with Crippen molar-refractivity contribution in [3.63, 3.8) is 0 Å². The van der Waals surface area contributed by atoms with E-state index in [0.29, 0.717) is 17.9 Å². The minimum absolute atomic E-state index is 0.0349. The van der Waals surface area contributed by atoms with E-state index in [1.54, 1.807) is 20.2 Å². The van der Waals surface area contributed by atoms with E-state index in [1.807, 2.05) is 25.1 Å². The normalized spacial score (nSPS) is 27.8. The maximum absolute atomic E-state index is 15.0. The van der Waals surface area contributed by atoms with Gasteiger partial charge in [-0.3, -0.25) is 4.79 Å². The molecular weight excluding hydrogens is 391 g/mol. The van der Waals surface area contributed by atoms with Gasteiger partial charge in [0.25, 0.3) is 0 Å². The number of carbonyl (C=O) groups excluding carboxylic acids is 1. The molecular formula is C21H33FN2O4Si. The smallest absolute Gasteiger partial charge is 0.247 e. The Hall–Kier alpha value is -1.48. The first kappa shape index (κ1) is 22.2. The molecule has 2 aliphatic heterocycles. The number of ether oxygens (including phenoxy) is 2. The molecule has 0 bridgehead atoms. The Morgan fingerprint density at radius 1 is 1.48 bits per heavy atom. The van der Waals surface area contributed by atoms with Crippen LogP contribution in [0, 0.1) is 5.92 Å². The van der Waals surface area contributed by atoms with Crippen LogP contribution in [0.5, 0.6) is 5.75 Å². The van der Waals surface area contributed by atoms with Gasteiger partial charge >= 0.3 is 0 Å². The summed E-state index contributed by atoms with van der Waals surface area (Å²) >= 11 is 0. The molecule has 1 saturated heterocycles. The average Bonchev–Trinajstić information content (AvgIpc) is 3.20. The minimum Gasteiger partial charge on any atom is -0.490 e. The van der Waals surface area contributed by atoms with E-state index in [9.17, 15) is 9.90 Å². The highest BCUT2D eigenvalue weighted by molar-refractivity contribution is 6.72. The van der Waals surface area contributed by atoms with E-state index in [1.165, 1.54) is 0 Å². The first-order chi connectivity index (χ1) is 13.8. The second-order valence-corrected chi connectivity index (χ2v) is 12.5. The van der Waals surface area contributed by atoms with Crippen LogP contribution < -0.4 is 15.4 Å². The largest absolute Gasteiger partial charge is 0.490 e. The van der Waals surface area contributed by atoms with Gasteiger partial charge in [-0.15, -0.1) is 0 Å². The number of aliphatic hydroxyl groups excluding tert-OH is 1. The Morgan fingerprint density at radius 3 is 2.83 bits per heavy atom. The molecule has 8 heteroatoms. The van der Waals surface area contributed by atoms with Gasteiger partial charge in [0.05, 0.1) is 12.1 Å². The van der Waals surface area contributed by atoms with Crippen molar-refractivity contribution in [2.24, 2.45) is 5.92 Å². The maximum Gasteiger partial charge on any atom is 0.247 e. The minimum atomic E-state index is -3.05. The topological polar surface area (TPSA) is 79.8 Å². The number of anilines is 1. The summed E-state index contributed by atoms with van der Waals surface area (Å²) in [6, 6.07) is 5.37. The Kier molecular flexibility index (Phi) is 6.98. The molecule has 0 aliphatic carbocycles. The van der Waals surface area contributed by atoms with Gasteiger partial charge in [0, 0.05) is 36.4 Å². The van der Waals surface area contributed by atoms with Crippen molar-refractivity contribution in [1.29, 1.82) is 0 Å². The Morgan fingerprint density at radius 2 is 2.24 bits per heavy atom. The zero-order valence-electron chi connectivity index (χ0n) is 17.7. The predicted molar refractivity (Wildman–Crippen MR) is 113 cm³/mol. The third-order valence-corrected chi connectivity index (χ3v) is 8.57. The number of rotatable bonds is 7. The van der Waals surface area contributed by atoms with Crippen LogP contribution >= 0.6 is 0 Å². The Bertz CT molecular complexity index is 721. The van der Waals surface area contributed by atoms with Crippen molar-refractivity contribution in [2.45, 2.75) is 63.1 Å². The summed E-state index contributed by atoms with van der Waals surface area (Å²) in [7, 11) is -1.41. The lowest BCUT2D eigenvalue weighted by Crippen LogP contribution is -2.46. The SMILES string of the molecule is CO[C@@H]1c2cc(NC(=O)[C@H]3CCCN3)ccc2O[C@H](C(CCO)[Si](C)(C)F)[C@H]1C. The number of benzene rings is 1. The summed E-state index contributed by atoms with van der Waals surface area (Å²) in [6.45, 7) is 6.12. The van der Waals surface area contributed by atoms with Crippen molar-refractivity contribution in [3.8, 4) is 5.75 Å². The summed E-state index contributed by atoms with van der Waals surface area (Å²) < 4.78 is 27.1. The van der Waals surface area contributed by atoms with Crippen LogP contribution in [0.2, 0.25) is 18.6 Å². The molecule has 0 spiro atoms. The van der Waals surface area contributed by atoms with Crippen LogP contribution in [-0.2, 0) is 9.53 Å². The molecule has 2 aliphatic rings. The fourth-order valence-electron chi connectivity index (χ4n) is 4.63. The van der Waals surface area contributed by atoms with Gasteiger partial charge in [-0.1, -0.05) is 6.92 Å². The molecule has 29 heavy (non-hydrogen) atoms. The number of nitrogens with one attached hydrogen (secondary N) is 2. The number of hydrogen-bond donors (Lipinski definition) is 3. The molecule has 162 valence electrons. The number of aliphatic hydroxyl groups is 1. The molecule has 1 aromatic rings. The Labute approximate surface area is 173 Å². The zero-order chi connectivity index (χ0) is 21.2. The van der Waals surface area contributed by atoms with E-state index in [0.717, 1.165) is 24.9 Å². The van der Waals surface area contributed by atoms with E-state index >= 15 is 4.11 Å². The number of hydrogen-bond acceptors (Lipinski definition) is 5. The van der Waals surface area contributed by atoms with Crippen molar-refractivity contribution in [3.05, 3.63) is 23.8 Å². The number of halogens is 1. The molecule has 1 unspecified atom stereocenters. The highest BCUT2D eigenvalue weighted by Crippen LogP contribution is 2.47. The molecule has 1 fully saturated rings. The quantitative estimate of drug-likeness (QED) is 0.462. The van der Waals surface area contributed by atoms with Crippen LogP contribution in [0.1, 0.15) is 37.9 Å². The first-order valence-electron chi connectivity index (χ1n) is 10.4. The highest BCUT2D eigenvalue weighted by atomic mass is 28.4. The van der Waals surface area contributed by atoms with Crippen LogP contribution in [0.15, 0.2) is 18.2 Å². The fraction of sp³-hybridized carbons (Fsp3) is 0.667. The van der Waals surface area contributed by atoms with Gasteiger partial charge in [0.2, 0.25) is 14.3 Å². The van der Waals surface area contributed by atoms with E-state index in [2.05, 4.69) is 10.6 Å². The van der Waals surface area contributed by atoms with Crippen molar-refractivity contribution in [2.75, 3.05) is 25.6 Å². The van der Waals surface area contributed by atoms with E-state index < -0.39 is 8.41 Å². The second-order valence-electron chi connectivity index (χ2n) is 8.67. The second kappa shape index (κ2) is 9.12. The summed E-state index contributed by atoms with van der Waals surface area (Å²) in [4.78, 5) is 12.4. The number of amides is 1. The molecule has 3 rings (SSSR count). The van der Waals surface area contributed by atoms with E-state index in [-0.39, 0.29) is 42.2 Å². The molecule has 2 heterocycles. The average molecular weight is 425 g/mol. The third kappa shape index (κ3) is 4.82. The summed E-state index contributed by atoms with van der Waals surface area (Å²) in [5.41, 5.74) is 1.22. The summed E-state index contributed by atoms with van der Waals surface area (Å²) in [5.74, 6) is 0.527. The maximum atomic E-state index is 15.0. The molecule has 0 aromatic heterocycles. The molecule has 1 aromatic carbocycles. The third-order valence-electron chi connectivity index (χ3n) is 6.19. The molecule has 1 amide bonds. The monoisotopic (exact) mass is 424 g/mol. The summed E-state index contributed by atoms with van der Waals surface area (Å²) in [6.07, 6.45) is 1.58. The number of methoxy groups -OCH3 is 1. The van der Waals surface area contributed by atoms with Crippen LogP contribution in [0.25, 0.3) is 0 Å². The van der Waals surface area contributed by atoms with Gasteiger partial charge in [-0.2, -0.15) is 0 Å².